The summed E-state index contributed by atoms with van der Waals surface area (Å²) in [6.45, 7) is 5.96. The molecule has 1 N–H and O–H groups in total. The molecule has 0 radical (unpaired) electrons. The van der Waals surface area contributed by atoms with Crippen molar-refractivity contribution in [2.75, 3.05) is 5.32 Å². The minimum absolute atomic E-state index is 0.121. The molecular formula is C22H23NO2. The summed E-state index contributed by atoms with van der Waals surface area (Å²) in [6.07, 6.45) is 0.0608. The predicted octanol–water partition coefficient (Wildman–Crippen LogP) is 5.25. The Morgan fingerprint density at radius 3 is 2.60 bits per heavy atom. The van der Waals surface area contributed by atoms with E-state index in [2.05, 4.69) is 5.32 Å². The summed E-state index contributed by atoms with van der Waals surface area (Å²) in [4.78, 5) is 12.7. The monoisotopic (exact) mass is 333 g/mol. The molecule has 3 aromatic carbocycles. The molecule has 0 saturated carbocycles. The van der Waals surface area contributed by atoms with Crippen molar-refractivity contribution in [3.63, 3.8) is 0 Å². The van der Waals surface area contributed by atoms with Gasteiger partial charge >= 0.3 is 0 Å². The van der Waals surface area contributed by atoms with Gasteiger partial charge in [0.25, 0.3) is 5.91 Å². The zero-order chi connectivity index (χ0) is 17.8. The number of hydrogen-bond donors (Lipinski definition) is 1. The summed E-state index contributed by atoms with van der Waals surface area (Å²) < 4.78 is 6.07. The van der Waals surface area contributed by atoms with Gasteiger partial charge in [-0.05, 0) is 48.9 Å². The van der Waals surface area contributed by atoms with Crippen LogP contribution < -0.4 is 10.1 Å². The van der Waals surface area contributed by atoms with Gasteiger partial charge in [0.05, 0.1) is 0 Å². The minimum atomic E-state index is -0.536. The smallest absolute Gasteiger partial charge is 0.265 e. The van der Waals surface area contributed by atoms with Crippen molar-refractivity contribution < 1.29 is 9.53 Å². The number of carbonyl (C=O) groups excluding carboxylic acids is 1. The van der Waals surface area contributed by atoms with Gasteiger partial charge in [-0.3, -0.25) is 4.79 Å². The maximum atomic E-state index is 12.7. The molecule has 0 heterocycles. The fraction of sp³-hybridized carbons (Fsp3) is 0.227. The SMILES string of the molecule is CC[C@H](Oc1cccc2ccccc12)C(=O)Nc1cc(C)ccc1C. The van der Waals surface area contributed by atoms with Gasteiger partial charge in [-0.1, -0.05) is 55.5 Å². The van der Waals surface area contributed by atoms with Crippen molar-refractivity contribution in [3.05, 3.63) is 71.8 Å². The fourth-order valence-corrected chi connectivity index (χ4v) is 2.86. The lowest BCUT2D eigenvalue weighted by atomic mass is 10.1. The second kappa shape index (κ2) is 7.39. The Morgan fingerprint density at radius 1 is 1.04 bits per heavy atom. The summed E-state index contributed by atoms with van der Waals surface area (Å²) in [5.74, 6) is 0.616. The van der Waals surface area contributed by atoms with Gasteiger partial charge in [0.2, 0.25) is 0 Å². The Morgan fingerprint density at radius 2 is 1.80 bits per heavy atom. The lowest BCUT2D eigenvalue weighted by molar-refractivity contribution is -0.122. The van der Waals surface area contributed by atoms with Crippen LogP contribution in [0.3, 0.4) is 0 Å². The standard InChI is InChI=1S/C22H23NO2/c1-4-20(22(24)23-19-14-15(2)12-13-16(19)3)25-21-11-7-9-17-8-5-6-10-18(17)21/h5-14,20H,4H2,1-3H3,(H,23,24)/t20-/m0/s1. The highest BCUT2D eigenvalue weighted by molar-refractivity contribution is 5.95. The second-order valence-electron chi connectivity index (χ2n) is 6.30. The molecule has 0 aromatic heterocycles. The molecule has 0 aliphatic heterocycles. The highest BCUT2D eigenvalue weighted by atomic mass is 16.5. The molecule has 1 atom stereocenters. The molecule has 0 aliphatic carbocycles. The molecule has 0 fully saturated rings. The van der Waals surface area contributed by atoms with Gasteiger partial charge in [-0.2, -0.15) is 0 Å². The van der Waals surface area contributed by atoms with Crippen LogP contribution in [0.25, 0.3) is 10.8 Å². The Bertz CT molecular complexity index is 896. The fourth-order valence-electron chi connectivity index (χ4n) is 2.86. The third-order valence-electron chi connectivity index (χ3n) is 4.33. The maximum absolute atomic E-state index is 12.7. The number of ether oxygens (including phenoxy) is 1. The van der Waals surface area contributed by atoms with E-state index in [1.165, 1.54) is 0 Å². The van der Waals surface area contributed by atoms with Crippen LogP contribution in [0.4, 0.5) is 5.69 Å². The average Bonchev–Trinajstić information content (AvgIpc) is 2.62. The Kier molecular flexibility index (Phi) is 5.03. The second-order valence-corrected chi connectivity index (χ2v) is 6.30. The van der Waals surface area contributed by atoms with Crippen LogP contribution in [0, 0.1) is 13.8 Å². The van der Waals surface area contributed by atoms with Crippen LogP contribution in [0.1, 0.15) is 24.5 Å². The molecule has 0 unspecified atom stereocenters. The average molecular weight is 333 g/mol. The molecule has 3 aromatic rings. The van der Waals surface area contributed by atoms with Crippen molar-refractivity contribution in [1.82, 2.24) is 0 Å². The summed E-state index contributed by atoms with van der Waals surface area (Å²) >= 11 is 0. The van der Waals surface area contributed by atoms with E-state index in [-0.39, 0.29) is 5.91 Å². The van der Waals surface area contributed by atoms with E-state index < -0.39 is 6.10 Å². The quantitative estimate of drug-likeness (QED) is 0.692. The van der Waals surface area contributed by atoms with Crippen molar-refractivity contribution in [2.45, 2.75) is 33.3 Å². The normalized spacial score (nSPS) is 12.0. The van der Waals surface area contributed by atoms with Crippen molar-refractivity contribution in [3.8, 4) is 5.75 Å². The summed E-state index contributed by atoms with van der Waals surface area (Å²) in [5.41, 5.74) is 2.99. The predicted molar refractivity (Wildman–Crippen MR) is 103 cm³/mol. The lowest BCUT2D eigenvalue weighted by Crippen LogP contribution is -2.32. The van der Waals surface area contributed by atoms with E-state index >= 15 is 0 Å². The number of aryl methyl sites for hydroxylation is 2. The summed E-state index contributed by atoms with van der Waals surface area (Å²) in [6, 6.07) is 20.0. The van der Waals surface area contributed by atoms with Gasteiger partial charge in [-0.25, -0.2) is 0 Å². The zero-order valence-corrected chi connectivity index (χ0v) is 14.9. The van der Waals surface area contributed by atoms with E-state index in [1.54, 1.807) is 0 Å². The van der Waals surface area contributed by atoms with Gasteiger partial charge in [-0.15, -0.1) is 0 Å². The van der Waals surface area contributed by atoms with Crippen LogP contribution in [0.2, 0.25) is 0 Å². The first kappa shape index (κ1) is 17.0. The molecule has 25 heavy (non-hydrogen) atoms. The first-order valence-corrected chi connectivity index (χ1v) is 8.61. The highest BCUT2D eigenvalue weighted by Crippen LogP contribution is 2.27. The molecule has 0 saturated heterocycles. The molecule has 3 rings (SSSR count). The van der Waals surface area contributed by atoms with Crippen molar-refractivity contribution >= 4 is 22.4 Å². The lowest BCUT2D eigenvalue weighted by Gasteiger charge is -2.19. The van der Waals surface area contributed by atoms with E-state index in [4.69, 9.17) is 4.74 Å². The molecule has 0 aliphatic rings. The highest BCUT2D eigenvalue weighted by Gasteiger charge is 2.20. The van der Waals surface area contributed by atoms with Crippen LogP contribution in [-0.2, 0) is 4.79 Å². The van der Waals surface area contributed by atoms with Gasteiger partial charge < -0.3 is 10.1 Å². The third-order valence-corrected chi connectivity index (χ3v) is 4.33. The van der Waals surface area contributed by atoms with Crippen molar-refractivity contribution in [1.29, 1.82) is 0 Å². The number of fused-ring (bicyclic) bond motifs is 1. The van der Waals surface area contributed by atoms with Crippen molar-refractivity contribution in [2.24, 2.45) is 0 Å². The molecule has 0 spiro atoms. The number of carbonyl (C=O) groups is 1. The molecule has 3 nitrogen and oxygen atoms in total. The topological polar surface area (TPSA) is 38.3 Å². The number of rotatable bonds is 5. The van der Waals surface area contributed by atoms with Crippen LogP contribution in [0.5, 0.6) is 5.75 Å². The van der Waals surface area contributed by atoms with Gasteiger partial charge in [0.1, 0.15) is 5.75 Å². The van der Waals surface area contributed by atoms with Crippen LogP contribution >= 0.6 is 0 Å². The number of anilines is 1. The third kappa shape index (κ3) is 3.82. The Hall–Kier alpha value is -2.81. The van der Waals surface area contributed by atoms with Crippen LogP contribution in [-0.4, -0.2) is 12.0 Å². The Balaban J connectivity index is 1.82. The molecule has 3 heteroatoms. The van der Waals surface area contributed by atoms with E-state index in [0.717, 1.165) is 33.3 Å². The number of nitrogens with one attached hydrogen (secondary N) is 1. The number of amides is 1. The largest absolute Gasteiger partial charge is 0.480 e. The molecule has 0 bridgehead atoms. The number of benzene rings is 3. The van der Waals surface area contributed by atoms with Gasteiger partial charge in [0, 0.05) is 11.1 Å². The number of hydrogen-bond acceptors (Lipinski definition) is 2. The first-order valence-electron chi connectivity index (χ1n) is 8.61. The van der Waals surface area contributed by atoms with Crippen LogP contribution in [0.15, 0.2) is 60.7 Å². The molecule has 128 valence electrons. The molecule has 1 amide bonds. The maximum Gasteiger partial charge on any atom is 0.265 e. The molecular weight excluding hydrogens is 310 g/mol. The van der Waals surface area contributed by atoms with E-state index in [9.17, 15) is 4.79 Å². The Labute approximate surface area is 148 Å². The summed E-state index contributed by atoms with van der Waals surface area (Å²) in [7, 11) is 0. The van der Waals surface area contributed by atoms with Gasteiger partial charge in [0.15, 0.2) is 6.10 Å². The first-order chi connectivity index (χ1) is 12.1. The van der Waals surface area contributed by atoms with E-state index in [1.807, 2.05) is 81.4 Å². The zero-order valence-electron chi connectivity index (χ0n) is 14.9. The summed E-state index contributed by atoms with van der Waals surface area (Å²) in [5, 5.41) is 5.12. The minimum Gasteiger partial charge on any atom is -0.480 e. The van der Waals surface area contributed by atoms with E-state index in [0.29, 0.717) is 6.42 Å².